The Morgan fingerprint density at radius 1 is 1.28 bits per heavy atom. The Kier molecular flexibility index (Phi) is 7.58. The van der Waals surface area contributed by atoms with Gasteiger partial charge in [-0.15, -0.1) is 0 Å². The summed E-state index contributed by atoms with van der Waals surface area (Å²) < 4.78 is 33.2. The van der Waals surface area contributed by atoms with Crippen molar-refractivity contribution in [2.45, 2.75) is 31.9 Å². The maximum atomic E-state index is 14.6. The Bertz CT molecular complexity index is 812. The number of aryl methyl sites for hydroxylation is 1. The first-order valence-electron chi connectivity index (χ1n) is 9.74. The van der Waals surface area contributed by atoms with Crippen LogP contribution in [0.15, 0.2) is 42.5 Å². The van der Waals surface area contributed by atoms with Crippen molar-refractivity contribution < 1.29 is 18.3 Å². The smallest absolute Gasteiger partial charge is 0.220 e. The third-order valence-corrected chi connectivity index (χ3v) is 5.42. The molecule has 0 spiro atoms. The summed E-state index contributed by atoms with van der Waals surface area (Å²) >= 11 is 6.31. The van der Waals surface area contributed by atoms with Crippen LogP contribution in [0, 0.1) is 11.6 Å². The summed E-state index contributed by atoms with van der Waals surface area (Å²) in [5.41, 5.74) is 1.28. The molecule has 2 aromatic rings. The summed E-state index contributed by atoms with van der Waals surface area (Å²) in [6, 6.07) is 10.3. The van der Waals surface area contributed by atoms with Crippen LogP contribution in [0.5, 0.6) is 0 Å². The molecule has 0 radical (unpaired) electrons. The van der Waals surface area contributed by atoms with Crippen molar-refractivity contribution >= 4 is 17.5 Å². The van der Waals surface area contributed by atoms with Gasteiger partial charge in [-0.25, -0.2) is 8.78 Å². The lowest BCUT2D eigenvalue weighted by Gasteiger charge is -2.38. The molecule has 2 atom stereocenters. The van der Waals surface area contributed by atoms with E-state index in [1.807, 2.05) is 6.92 Å². The second-order valence-corrected chi connectivity index (χ2v) is 7.67. The summed E-state index contributed by atoms with van der Waals surface area (Å²) in [5.74, 6) is -0.835. The highest BCUT2D eigenvalue weighted by molar-refractivity contribution is 6.31. The van der Waals surface area contributed by atoms with Crippen LogP contribution >= 0.6 is 11.6 Å². The quantitative estimate of drug-likeness (QED) is 0.729. The van der Waals surface area contributed by atoms with Crippen LogP contribution in [0.25, 0.3) is 0 Å². The van der Waals surface area contributed by atoms with Gasteiger partial charge in [0, 0.05) is 36.6 Å². The SMILES string of the molecule is CC1CN(C(CNC(=O)CCc2ccc(F)cc2)c2c(F)cccc2Cl)CCO1. The Morgan fingerprint density at radius 3 is 2.72 bits per heavy atom. The highest BCUT2D eigenvalue weighted by Gasteiger charge is 2.29. The summed E-state index contributed by atoms with van der Waals surface area (Å²) in [7, 11) is 0. The Labute approximate surface area is 174 Å². The molecule has 0 aliphatic carbocycles. The maximum Gasteiger partial charge on any atom is 0.220 e. The average molecular weight is 423 g/mol. The van der Waals surface area contributed by atoms with Crippen molar-refractivity contribution in [3.63, 3.8) is 0 Å². The minimum Gasteiger partial charge on any atom is -0.376 e. The van der Waals surface area contributed by atoms with Gasteiger partial charge >= 0.3 is 0 Å². The van der Waals surface area contributed by atoms with Gasteiger partial charge in [-0.1, -0.05) is 29.8 Å². The van der Waals surface area contributed by atoms with Crippen molar-refractivity contribution in [1.82, 2.24) is 10.2 Å². The average Bonchev–Trinajstić information content (AvgIpc) is 2.69. The largest absolute Gasteiger partial charge is 0.376 e. The number of hydrogen-bond acceptors (Lipinski definition) is 3. The molecule has 1 amide bonds. The van der Waals surface area contributed by atoms with E-state index in [2.05, 4.69) is 10.2 Å². The molecule has 1 saturated heterocycles. The van der Waals surface area contributed by atoms with E-state index in [1.54, 1.807) is 24.3 Å². The van der Waals surface area contributed by atoms with E-state index in [1.165, 1.54) is 18.2 Å². The molecule has 3 rings (SSSR count). The fourth-order valence-corrected chi connectivity index (χ4v) is 3.87. The summed E-state index contributed by atoms with van der Waals surface area (Å²) in [5, 5.41) is 3.25. The van der Waals surface area contributed by atoms with Crippen molar-refractivity contribution in [3.8, 4) is 0 Å². The second kappa shape index (κ2) is 10.1. The molecule has 29 heavy (non-hydrogen) atoms. The number of hydrogen-bond donors (Lipinski definition) is 1. The number of morpholine rings is 1. The van der Waals surface area contributed by atoms with Crippen LogP contribution in [0.1, 0.15) is 30.5 Å². The maximum absolute atomic E-state index is 14.6. The molecule has 0 aromatic heterocycles. The van der Waals surface area contributed by atoms with Crippen LogP contribution in [0.4, 0.5) is 8.78 Å². The zero-order valence-corrected chi connectivity index (χ0v) is 17.1. The first-order chi connectivity index (χ1) is 13.9. The lowest BCUT2D eigenvalue weighted by molar-refractivity contribution is -0.121. The number of rotatable bonds is 7. The molecule has 2 unspecified atom stereocenters. The molecule has 1 aliphatic heterocycles. The van der Waals surface area contributed by atoms with E-state index < -0.39 is 0 Å². The molecule has 1 N–H and O–H groups in total. The fourth-order valence-electron chi connectivity index (χ4n) is 3.58. The standard InChI is InChI=1S/C22H25ClF2N2O2/c1-15-14-27(11-12-29-15)20(22-18(23)3-2-4-19(22)25)13-26-21(28)10-7-16-5-8-17(24)9-6-16/h2-6,8-9,15,20H,7,10-14H2,1H3,(H,26,28). The van der Waals surface area contributed by atoms with Crippen molar-refractivity contribution in [3.05, 3.63) is 70.2 Å². The van der Waals surface area contributed by atoms with Crippen molar-refractivity contribution in [1.29, 1.82) is 0 Å². The molecule has 2 aromatic carbocycles. The first kappa shape index (κ1) is 21.7. The van der Waals surface area contributed by atoms with Gasteiger partial charge in [-0.2, -0.15) is 0 Å². The predicted octanol–water partition coefficient (Wildman–Crippen LogP) is 4.13. The van der Waals surface area contributed by atoms with Gasteiger partial charge in [0.2, 0.25) is 5.91 Å². The zero-order chi connectivity index (χ0) is 20.8. The van der Waals surface area contributed by atoms with E-state index in [4.69, 9.17) is 16.3 Å². The summed E-state index contributed by atoms with van der Waals surface area (Å²) in [6.07, 6.45) is 0.792. The highest BCUT2D eigenvalue weighted by Crippen LogP contribution is 2.31. The fraction of sp³-hybridized carbons (Fsp3) is 0.409. The Balaban J connectivity index is 1.66. The number of nitrogens with zero attached hydrogens (tertiary/aromatic N) is 1. The van der Waals surface area contributed by atoms with Gasteiger partial charge in [-0.05, 0) is 43.2 Å². The molecule has 1 fully saturated rings. The van der Waals surface area contributed by atoms with Gasteiger partial charge in [0.15, 0.2) is 0 Å². The topological polar surface area (TPSA) is 41.6 Å². The molecule has 1 aliphatic rings. The molecule has 7 heteroatoms. The number of ether oxygens (including phenoxy) is 1. The lowest BCUT2D eigenvalue weighted by atomic mass is 10.0. The Morgan fingerprint density at radius 2 is 2.03 bits per heavy atom. The number of carbonyl (C=O) groups excluding carboxylic acids is 1. The number of amides is 1. The Hall–Kier alpha value is -2.02. The van der Waals surface area contributed by atoms with Crippen LogP contribution in [-0.2, 0) is 16.0 Å². The van der Waals surface area contributed by atoms with Crippen molar-refractivity contribution in [2.24, 2.45) is 0 Å². The van der Waals surface area contributed by atoms with Gasteiger partial charge in [-0.3, -0.25) is 9.69 Å². The van der Waals surface area contributed by atoms with Gasteiger partial charge in [0.05, 0.1) is 18.8 Å². The normalized spacial score (nSPS) is 18.4. The third kappa shape index (κ3) is 5.98. The van der Waals surface area contributed by atoms with Gasteiger partial charge < -0.3 is 10.1 Å². The number of carbonyl (C=O) groups is 1. The predicted molar refractivity (Wildman–Crippen MR) is 109 cm³/mol. The lowest BCUT2D eigenvalue weighted by Crippen LogP contribution is -2.47. The first-order valence-corrected chi connectivity index (χ1v) is 10.1. The summed E-state index contributed by atoms with van der Waals surface area (Å²) in [4.78, 5) is 14.5. The van der Waals surface area contributed by atoms with E-state index >= 15 is 0 Å². The van der Waals surface area contributed by atoms with E-state index in [-0.39, 0.29) is 42.7 Å². The van der Waals surface area contributed by atoms with Crippen LogP contribution < -0.4 is 5.32 Å². The van der Waals surface area contributed by atoms with E-state index in [9.17, 15) is 13.6 Å². The molecule has 0 saturated carbocycles. The van der Waals surface area contributed by atoms with Gasteiger partial charge in [0.1, 0.15) is 11.6 Å². The molecule has 1 heterocycles. The van der Waals surface area contributed by atoms with Crippen LogP contribution in [0.3, 0.4) is 0 Å². The van der Waals surface area contributed by atoms with E-state index in [0.29, 0.717) is 36.7 Å². The minimum atomic E-state index is -0.387. The number of nitrogens with one attached hydrogen (secondary N) is 1. The molecular formula is C22H25ClF2N2O2. The van der Waals surface area contributed by atoms with Crippen molar-refractivity contribution in [2.75, 3.05) is 26.2 Å². The molecule has 156 valence electrons. The van der Waals surface area contributed by atoms with Crippen LogP contribution in [0.2, 0.25) is 5.02 Å². The number of halogens is 3. The van der Waals surface area contributed by atoms with E-state index in [0.717, 1.165) is 5.56 Å². The van der Waals surface area contributed by atoms with Gasteiger partial charge in [0.25, 0.3) is 0 Å². The minimum absolute atomic E-state index is 0.0194. The highest BCUT2D eigenvalue weighted by atomic mass is 35.5. The number of benzene rings is 2. The third-order valence-electron chi connectivity index (χ3n) is 5.09. The molecule has 0 bridgehead atoms. The van der Waals surface area contributed by atoms with Crippen LogP contribution in [-0.4, -0.2) is 43.2 Å². The molecule has 4 nitrogen and oxygen atoms in total. The second-order valence-electron chi connectivity index (χ2n) is 7.26. The molecular weight excluding hydrogens is 398 g/mol. The zero-order valence-electron chi connectivity index (χ0n) is 16.3. The monoisotopic (exact) mass is 422 g/mol. The summed E-state index contributed by atoms with van der Waals surface area (Å²) in [6.45, 7) is 4.01.